The number of nitrogens with zero attached hydrogens (tertiary/aromatic N) is 1. The minimum atomic E-state index is -0.972. The van der Waals surface area contributed by atoms with E-state index in [1.165, 1.54) is 6.42 Å². The number of carbonyl (C=O) groups excluding carboxylic acids is 1. The van der Waals surface area contributed by atoms with E-state index in [4.69, 9.17) is 14.2 Å². The van der Waals surface area contributed by atoms with Gasteiger partial charge in [0.15, 0.2) is 6.10 Å². The summed E-state index contributed by atoms with van der Waals surface area (Å²) in [7, 11) is 1.59. The van der Waals surface area contributed by atoms with Crippen LogP contribution >= 0.6 is 0 Å². The Kier molecular flexibility index (Phi) is 9.78. The molecule has 1 fully saturated rings. The summed E-state index contributed by atoms with van der Waals surface area (Å²) in [4.78, 5) is 26.2. The van der Waals surface area contributed by atoms with Crippen LogP contribution in [0.15, 0.2) is 42.5 Å². The van der Waals surface area contributed by atoms with E-state index >= 15 is 0 Å². The van der Waals surface area contributed by atoms with Crippen LogP contribution in [-0.2, 0) is 16.0 Å². The standard InChI is InChI=1S/C27H36N2O6/c1-4-34-25(26(30)31)17-20-9-11-22(12-10-20)35-15-14-29(18-21-6-5-7-21)27(32)28-23-16-19(2)8-13-24(23)33-3/h8-13,16,21,25H,4-7,14-15,17-18H2,1-3H3,(H,28,32)(H,30,31). The van der Waals surface area contributed by atoms with Crippen LogP contribution in [0.25, 0.3) is 0 Å². The maximum atomic E-state index is 13.1. The molecule has 2 aromatic carbocycles. The lowest BCUT2D eigenvalue weighted by Gasteiger charge is -2.32. The molecule has 0 bridgehead atoms. The minimum absolute atomic E-state index is 0.171. The molecule has 0 radical (unpaired) electrons. The van der Waals surface area contributed by atoms with Crippen molar-refractivity contribution in [3.8, 4) is 11.5 Å². The van der Waals surface area contributed by atoms with Crippen molar-refractivity contribution in [3.63, 3.8) is 0 Å². The molecule has 2 N–H and O–H groups in total. The first kappa shape index (κ1) is 26.3. The monoisotopic (exact) mass is 484 g/mol. The predicted molar refractivity (Wildman–Crippen MR) is 134 cm³/mol. The molecule has 2 aromatic rings. The molecule has 0 aliphatic heterocycles. The Morgan fingerprint density at radius 2 is 1.91 bits per heavy atom. The predicted octanol–water partition coefficient (Wildman–Crippen LogP) is 4.75. The third-order valence-electron chi connectivity index (χ3n) is 6.20. The number of aliphatic carboxylic acids is 1. The number of anilines is 1. The lowest BCUT2D eigenvalue weighted by atomic mass is 9.85. The number of carbonyl (C=O) groups is 2. The van der Waals surface area contributed by atoms with Gasteiger partial charge in [0.25, 0.3) is 0 Å². The molecule has 1 unspecified atom stereocenters. The fourth-order valence-corrected chi connectivity index (χ4v) is 4.00. The van der Waals surface area contributed by atoms with Gasteiger partial charge in [-0.1, -0.05) is 24.6 Å². The lowest BCUT2D eigenvalue weighted by molar-refractivity contribution is -0.149. The van der Waals surface area contributed by atoms with E-state index in [0.29, 0.717) is 55.8 Å². The Hall–Kier alpha value is -3.26. The number of ether oxygens (including phenoxy) is 3. The summed E-state index contributed by atoms with van der Waals surface area (Å²) in [6.07, 6.45) is 2.91. The van der Waals surface area contributed by atoms with Gasteiger partial charge in [-0.05, 0) is 68.0 Å². The van der Waals surface area contributed by atoms with Crippen LogP contribution in [0.4, 0.5) is 10.5 Å². The second-order valence-corrected chi connectivity index (χ2v) is 8.86. The first-order valence-corrected chi connectivity index (χ1v) is 12.2. The van der Waals surface area contributed by atoms with Crippen LogP contribution in [0, 0.1) is 12.8 Å². The summed E-state index contributed by atoms with van der Waals surface area (Å²) in [6, 6.07) is 12.8. The number of benzene rings is 2. The second-order valence-electron chi connectivity index (χ2n) is 8.86. The zero-order valence-corrected chi connectivity index (χ0v) is 20.8. The van der Waals surface area contributed by atoms with E-state index in [9.17, 15) is 14.7 Å². The van der Waals surface area contributed by atoms with Crippen LogP contribution in [0.1, 0.15) is 37.3 Å². The highest BCUT2D eigenvalue weighted by atomic mass is 16.5. The van der Waals surface area contributed by atoms with Crippen molar-refractivity contribution in [3.05, 3.63) is 53.6 Å². The molecule has 35 heavy (non-hydrogen) atoms. The van der Waals surface area contributed by atoms with Gasteiger partial charge in [-0.3, -0.25) is 0 Å². The van der Waals surface area contributed by atoms with Crippen LogP contribution in [0.3, 0.4) is 0 Å². The number of aryl methyl sites for hydroxylation is 1. The average Bonchev–Trinajstić information content (AvgIpc) is 2.80. The summed E-state index contributed by atoms with van der Waals surface area (Å²) in [5.41, 5.74) is 2.55. The van der Waals surface area contributed by atoms with Crippen LogP contribution in [0.5, 0.6) is 11.5 Å². The van der Waals surface area contributed by atoms with Gasteiger partial charge < -0.3 is 29.5 Å². The van der Waals surface area contributed by atoms with Crippen molar-refractivity contribution in [2.75, 3.05) is 38.7 Å². The number of hydrogen-bond donors (Lipinski definition) is 2. The van der Waals surface area contributed by atoms with E-state index in [-0.39, 0.29) is 6.03 Å². The Morgan fingerprint density at radius 1 is 1.17 bits per heavy atom. The summed E-state index contributed by atoms with van der Waals surface area (Å²) < 4.78 is 16.6. The molecule has 1 atom stereocenters. The van der Waals surface area contributed by atoms with Crippen molar-refractivity contribution < 1.29 is 28.9 Å². The molecule has 8 nitrogen and oxygen atoms in total. The van der Waals surface area contributed by atoms with Crippen LogP contribution < -0.4 is 14.8 Å². The second kappa shape index (κ2) is 13.0. The zero-order valence-electron chi connectivity index (χ0n) is 20.8. The van der Waals surface area contributed by atoms with Crippen molar-refractivity contribution in [1.29, 1.82) is 0 Å². The normalized spacial score (nSPS) is 14.0. The topological polar surface area (TPSA) is 97.3 Å². The quantitative estimate of drug-likeness (QED) is 0.426. The van der Waals surface area contributed by atoms with Gasteiger partial charge >= 0.3 is 12.0 Å². The Balaban J connectivity index is 1.56. The van der Waals surface area contributed by atoms with Gasteiger partial charge in [-0.2, -0.15) is 0 Å². The highest BCUT2D eigenvalue weighted by Crippen LogP contribution is 2.29. The van der Waals surface area contributed by atoms with E-state index in [2.05, 4.69) is 5.32 Å². The molecule has 3 rings (SSSR count). The number of nitrogens with one attached hydrogen (secondary N) is 1. The fourth-order valence-electron chi connectivity index (χ4n) is 4.00. The molecule has 1 aliphatic rings. The first-order chi connectivity index (χ1) is 16.9. The Bertz CT molecular complexity index is 974. The molecule has 0 saturated heterocycles. The maximum Gasteiger partial charge on any atom is 0.333 e. The molecule has 1 saturated carbocycles. The Labute approximate surface area is 207 Å². The minimum Gasteiger partial charge on any atom is -0.495 e. The molecular weight excluding hydrogens is 448 g/mol. The van der Waals surface area contributed by atoms with Crippen LogP contribution in [-0.4, -0.2) is 61.5 Å². The molecule has 190 valence electrons. The zero-order chi connectivity index (χ0) is 25.2. The summed E-state index contributed by atoms with van der Waals surface area (Å²) in [6.45, 7) is 5.58. The van der Waals surface area contributed by atoms with Gasteiger partial charge in [-0.25, -0.2) is 9.59 Å². The molecule has 2 amide bonds. The van der Waals surface area contributed by atoms with Gasteiger partial charge in [0.05, 0.1) is 19.3 Å². The highest BCUT2D eigenvalue weighted by molar-refractivity contribution is 5.91. The fraction of sp³-hybridized carbons (Fsp3) is 0.481. The average molecular weight is 485 g/mol. The van der Waals surface area contributed by atoms with Crippen molar-refractivity contribution in [1.82, 2.24) is 4.90 Å². The summed E-state index contributed by atoms with van der Waals surface area (Å²) in [5, 5.41) is 12.3. The third kappa shape index (κ3) is 7.89. The van der Waals surface area contributed by atoms with Crippen molar-refractivity contribution >= 4 is 17.7 Å². The third-order valence-corrected chi connectivity index (χ3v) is 6.20. The highest BCUT2D eigenvalue weighted by Gasteiger charge is 2.24. The van der Waals surface area contributed by atoms with Gasteiger partial charge in [0.1, 0.15) is 18.1 Å². The van der Waals surface area contributed by atoms with Gasteiger partial charge in [-0.15, -0.1) is 0 Å². The molecule has 1 aliphatic carbocycles. The lowest BCUT2D eigenvalue weighted by Crippen LogP contribution is -2.42. The number of carboxylic acid groups (broad SMARTS) is 1. The summed E-state index contributed by atoms with van der Waals surface area (Å²) >= 11 is 0. The van der Waals surface area contributed by atoms with Crippen molar-refractivity contribution in [2.45, 2.75) is 45.6 Å². The molecule has 0 heterocycles. The molecule has 0 spiro atoms. The number of rotatable bonds is 13. The van der Waals surface area contributed by atoms with E-state index < -0.39 is 12.1 Å². The van der Waals surface area contributed by atoms with Gasteiger partial charge in [0.2, 0.25) is 0 Å². The summed E-state index contributed by atoms with van der Waals surface area (Å²) in [5.74, 6) is 0.840. The smallest absolute Gasteiger partial charge is 0.333 e. The number of carboxylic acids is 1. The number of methoxy groups -OCH3 is 1. The van der Waals surface area contributed by atoms with Gasteiger partial charge in [0, 0.05) is 19.6 Å². The molecule has 0 aromatic heterocycles. The Morgan fingerprint density at radius 3 is 2.51 bits per heavy atom. The van der Waals surface area contributed by atoms with Crippen molar-refractivity contribution in [2.24, 2.45) is 5.92 Å². The van der Waals surface area contributed by atoms with E-state index in [1.54, 1.807) is 18.9 Å². The largest absolute Gasteiger partial charge is 0.495 e. The van der Waals surface area contributed by atoms with E-state index in [0.717, 1.165) is 24.0 Å². The molecular formula is C27H36N2O6. The number of hydrogen-bond acceptors (Lipinski definition) is 5. The maximum absolute atomic E-state index is 13.1. The van der Waals surface area contributed by atoms with E-state index in [1.807, 2.05) is 49.4 Å². The molecule has 8 heteroatoms. The first-order valence-electron chi connectivity index (χ1n) is 12.2. The van der Waals surface area contributed by atoms with Crippen LogP contribution in [0.2, 0.25) is 0 Å². The number of urea groups is 1. The SMILES string of the molecule is CCOC(Cc1ccc(OCCN(CC2CCC2)C(=O)Nc2cc(C)ccc2OC)cc1)C(=O)O. The number of amides is 2.